The van der Waals surface area contributed by atoms with Crippen molar-refractivity contribution in [1.82, 2.24) is 10.2 Å². The van der Waals surface area contributed by atoms with Crippen molar-refractivity contribution in [3.05, 3.63) is 66.2 Å². The first-order valence-corrected chi connectivity index (χ1v) is 9.49. The zero-order chi connectivity index (χ0) is 19.3. The Balaban J connectivity index is 1.76. The number of benzene rings is 2. The maximum absolute atomic E-state index is 13.0. The van der Waals surface area contributed by atoms with E-state index in [1.54, 1.807) is 0 Å². The maximum atomic E-state index is 13.0. The van der Waals surface area contributed by atoms with Crippen LogP contribution in [-0.4, -0.2) is 41.4 Å². The molecule has 1 aliphatic heterocycles. The average molecular weight is 365 g/mol. The summed E-state index contributed by atoms with van der Waals surface area (Å²) in [6.45, 7) is 5.00. The summed E-state index contributed by atoms with van der Waals surface area (Å²) >= 11 is 0. The molecule has 5 nitrogen and oxygen atoms in total. The lowest BCUT2D eigenvalue weighted by Gasteiger charge is -2.42. The molecular weight excluding hydrogens is 338 g/mol. The van der Waals surface area contributed by atoms with Gasteiger partial charge in [0.15, 0.2) is 0 Å². The van der Waals surface area contributed by atoms with E-state index >= 15 is 0 Å². The molecule has 0 radical (unpaired) electrons. The van der Waals surface area contributed by atoms with Crippen molar-refractivity contribution in [3.8, 4) is 0 Å². The van der Waals surface area contributed by atoms with Crippen molar-refractivity contribution in [2.24, 2.45) is 0 Å². The fourth-order valence-electron chi connectivity index (χ4n) is 3.46. The number of para-hydroxylation sites is 1. The third kappa shape index (κ3) is 4.48. The molecule has 0 spiro atoms. The van der Waals surface area contributed by atoms with Crippen LogP contribution < -0.4 is 10.6 Å². The molecule has 1 fully saturated rings. The van der Waals surface area contributed by atoms with Crippen LogP contribution in [0.25, 0.3) is 0 Å². The summed E-state index contributed by atoms with van der Waals surface area (Å²) < 4.78 is 0. The normalized spacial score (nSPS) is 16.0. The summed E-state index contributed by atoms with van der Waals surface area (Å²) in [5, 5.41) is 6.49. The molecule has 0 aliphatic carbocycles. The lowest BCUT2D eigenvalue weighted by atomic mass is 9.85. The van der Waals surface area contributed by atoms with Crippen LogP contribution in [0.1, 0.15) is 37.0 Å². The van der Waals surface area contributed by atoms with Crippen LogP contribution in [0.4, 0.5) is 5.69 Å². The van der Waals surface area contributed by atoms with Crippen molar-refractivity contribution in [2.75, 3.05) is 18.4 Å². The summed E-state index contributed by atoms with van der Waals surface area (Å²) in [7, 11) is 0. The third-order valence-corrected chi connectivity index (χ3v) is 4.94. The van der Waals surface area contributed by atoms with Gasteiger partial charge in [-0.15, -0.1) is 0 Å². The second-order valence-electron chi connectivity index (χ2n) is 7.36. The SMILES string of the molecule is CC(C)NC(=O)C1(Nc2ccccc2)CCN(C(=O)c2ccccc2)CC1. The summed E-state index contributed by atoms with van der Waals surface area (Å²) in [5.41, 5.74) is 0.894. The van der Waals surface area contributed by atoms with Crippen molar-refractivity contribution in [1.29, 1.82) is 0 Å². The lowest BCUT2D eigenvalue weighted by molar-refractivity contribution is -0.127. The summed E-state index contributed by atoms with van der Waals surface area (Å²) in [5.74, 6) is 0.0151. The smallest absolute Gasteiger partial charge is 0.253 e. The Hall–Kier alpha value is -2.82. The highest BCUT2D eigenvalue weighted by molar-refractivity contribution is 5.95. The van der Waals surface area contributed by atoms with E-state index < -0.39 is 5.54 Å². The summed E-state index contributed by atoms with van der Waals surface area (Å²) in [6.07, 6.45) is 1.14. The van der Waals surface area contributed by atoms with E-state index in [0.29, 0.717) is 31.5 Å². The number of nitrogens with one attached hydrogen (secondary N) is 2. The van der Waals surface area contributed by atoms with Gasteiger partial charge in [0.2, 0.25) is 5.91 Å². The highest BCUT2D eigenvalue weighted by Gasteiger charge is 2.42. The number of carbonyl (C=O) groups excluding carboxylic acids is 2. The predicted molar refractivity (Wildman–Crippen MR) is 108 cm³/mol. The van der Waals surface area contributed by atoms with Gasteiger partial charge in [0.25, 0.3) is 5.91 Å². The van der Waals surface area contributed by atoms with Gasteiger partial charge >= 0.3 is 0 Å². The Bertz CT molecular complexity index is 767. The molecule has 0 atom stereocenters. The molecule has 2 N–H and O–H groups in total. The van der Waals surface area contributed by atoms with Gasteiger partial charge in [0.05, 0.1) is 0 Å². The molecule has 1 heterocycles. The van der Waals surface area contributed by atoms with Crippen molar-refractivity contribution in [2.45, 2.75) is 38.3 Å². The van der Waals surface area contributed by atoms with E-state index in [-0.39, 0.29) is 17.9 Å². The zero-order valence-electron chi connectivity index (χ0n) is 15.9. The predicted octanol–water partition coefficient (Wildman–Crippen LogP) is 3.30. The van der Waals surface area contributed by atoms with E-state index in [4.69, 9.17) is 0 Å². The summed E-state index contributed by atoms with van der Waals surface area (Å²) in [6, 6.07) is 19.1. The molecule has 2 amide bonds. The molecule has 5 heteroatoms. The number of amides is 2. The van der Waals surface area contributed by atoms with Crippen molar-refractivity contribution >= 4 is 17.5 Å². The van der Waals surface area contributed by atoms with Gasteiger partial charge in [-0.3, -0.25) is 9.59 Å². The van der Waals surface area contributed by atoms with Crippen LogP contribution in [0.2, 0.25) is 0 Å². The highest BCUT2D eigenvalue weighted by Crippen LogP contribution is 2.28. The Morgan fingerprint density at radius 2 is 1.48 bits per heavy atom. The molecule has 1 aliphatic rings. The van der Waals surface area contributed by atoms with E-state index in [9.17, 15) is 9.59 Å². The quantitative estimate of drug-likeness (QED) is 0.855. The number of piperidine rings is 1. The Morgan fingerprint density at radius 1 is 0.926 bits per heavy atom. The molecule has 3 rings (SSSR count). The molecular formula is C22H27N3O2. The monoisotopic (exact) mass is 365 g/mol. The van der Waals surface area contributed by atoms with Gasteiger partial charge < -0.3 is 15.5 Å². The number of rotatable bonds is 5. The molecule has 2 aromatic rings. The van der Waals surface area contributed by atoms with E-state index in [1.165, 1.54) is 0 Å². The minimum atomic E-state index is -0.709. The first-order valence-electron chi connectivity index (χ1n) is 9.49. The van der Waals surface area contributed by atoms with Crippen molar-refractivity contribution < 1.29 is 9.59 Å². The molecule has 2 aromatic carbocycles. The van der Waals surface area contributed by atoms with Crippen LogP contribution in [0, 0.1) is 0 Å². The third-order valence-electron chi connectivity index (χ3n) is 4.94. The Kier molecular flexibility index (Phi) is 5.79. The van der Waals surface area contributed by atoms with Crippen molar-refractivity contribution in [3.63, 3.8) is 0 Å². The standard InChI is InChI=1S/C22H27N3O2/c1-17(2)23-21(27)22(24-19-11-7-4-8-12-19)13-15-25(16-14-22)20(26)18-9-5-3-6-10-18/h3-12,17,24H,13-16H2,1-2H3,(H,23,27). The van der Waals surface area contributed by atoms with Gasteiger partial charge in [-0.05, 0) is 51.0 Å². The molecule has 0 bridgehead atoms. The average Bonchev–Trinajstić information content (AvgIpc) is 2.69. The zero-order valence-corrected chi connectivity index (χ0v) is 15.9. The number of anilines is 1. The van der Waals surface area contributed by atoms with Crippen LogP contribution in [-0.2, 0) is 4.79 Å². The number of likely N-dealkylation sites (tertiary alicyclic amines) is 1. The van der Waals surface area contributed by atoms with Gasteiger partial charge in [-0.2, -0.15) is 0 Å². The first kappa shape index (κ1) is 19.0. The number of nitrogens with zero attached hydrogens (tertiary/aromatic N) is 1. The van der Waals surface area contributed by atoms with Crippen LogP contribution in [0.15, 0.2) is 60.7 Å². The highest BCUT2D eigenvalue weighted by atomic mass is 16.2. The fraction of sp³-hybridized carbons (Fsp3) is 0.364. The Morgan fingerprint density at radius 3 is 2.04 bits per heavy atom. The first-order chi connectivity index (χ1) is 13.0. The van der Waals surface area contributed by atoms with Gasteiger partial charge in [0.1, 0.15) is 5.54 Å². The minimum Gasteiger partial charge on any atom is -0.371 e. The van der Waals surface area contributed by atoms with Gasteiger partial charge in [-0.25, -0.2) is 0 Å². The second kappa shape index (κ2) is 8.25. The van der Waals surface area contributed by atoms with Crippen LogP contribution in [0.3, 0.4) is 0 Å². The van der Waals surface area contributed by atoms with Gasteiger partial charge in [-0.1, -0.05) is 36.4 Å². The maximum Gasteiger partial charge on any atom is 0.253 e. The van der Waals surface area contributed by atoms with E-state index in [2.05, 4.69) is 10.6 Å². The molecule has 0 aromatic heterocycles. The summed E-state index contributed by atoms with van der Waals surface area (Å²) in [4.78, 5) is 27.6. The molecule has 0 saturated carbocycles. The molecule has 0 unspecified atom stereocenters. The van der Waals surface area contributed by atoms with Gasteiger partial charge in [0, 0.05) is 30.4 Å². The van der Waals surface area contributed by atoms with Crippen LogP contribution >= 0.6 is 0 Å². The second-order valence-corrected chi connectivity index (χ2v) is 7.36. The molecule has 1 saturated heterocycles. The lowest BCUT2D eigenvalue weighted by Crippen LogP contribution is -2.60. The molecule has 27 heavy (non-hydrogen) atoms. The van der Waals surface area contributed by atoms with Crippen LogP contribution in [0.5, 0.6) is 0 Å². The Labute approximate surface area is 160 Å². The topological polar surface area (TPSA) is 61.4 Å². The number of hydrogen-bond donors (Lipinski definition) is 2. The largest absolute Gasteiger partial charge is 0.371 e. The number of carbonyl (C=O) groups is 2. The minimum absolute atomic E-state index is 0.00633. The number of hydrogen-bond acceptors (Lipinski definition) is 3. The van der Waals surface area contributed by atoms with E-state index in [1.807, 2.05) is 79.4 Å². The van der Waals surface area contributed by atoms with E-state index in [0.717, 1.165) is 5.69 Å². The molecule has 142 valence electrons. The fourth-order valence-corrected chi connectivity index (χ4v) is 3.46.